The summed E-state index contributed by atoms with van der Waals surface area (Å²) in [4.78, 5) is 20.0. The van der Waals surface area contributed by atoms with Gasteiger partial charge in [-0.3, -0.25) is 4.79 Å². The minimum atomic E-state index is 0.0375. The molecule has 0 radical (unpaired) electrons. The standard InChI is InChI=1S/C26H28ClN5O2/c1-16-5-4-12-31(23(16)15-28-26-29-22-14-20(27)8-11-24(22)34-26)25(33)19-6-9-21(10-7-19)32-18(3)13-17(2)30-32/h6-11,13-14,16,23H,4-5,12,15H2,1-3H3,(H,28,29)/t16-,23-/m1/s1. The highest BCUT2D eigenvalue weighted by atomic mass is 35.5. The van der Waals surface area contributed by atoms with Gasteiger partial charge in [-0.25, -0.2) is 4.68 Å². The van der Waals surface area contributed by atoms with Crippen molar-refractivity contribution in [3.63, 3.8) is 0 Å². The second-order valence-electron chi connectivity index (χ2n) is 9.08. The number of nitrogens with one attached hydrogen (secondary N) is 1. The molecule has 2 aromatic carbocycles. The Morgan fingerprint density at radius 2 is 1.97 bits per heavy atom. The highest BCUT2D eigenvalue weighted by Crippen LogP contribution is 2.27. The van der Waals surface area contributed by atoms with Gasteiger partial charge in [0.25, 0.3) is 11.9 Å². The summed E-state index contributed by atoms with van der Waals surface area (Å²) in [6.45, 7) is 7.50. The van der Waals surface area contributed by atoms with Crippen LogP contribution in [-0.2, 0) is 0 Å². The van der Waals surface area contributed by atoms with Crippen molar-refractivity contribution in [3.8, 4) is 5.69 Å². The van der Waals surface area contributed by atoms with Crippen LogP contribution in [0.25, 0.3) is 16.8 Å². The molecule has 2 aromatic heterocycles. The lowest BCUT2D eigenvalue weighted by atomic mass is 9.90. The number of aromatic nitrogens is 3. The van der Waals surface area contributed by atoms with Gasteiger partial charge in [-0.1, -0.05) is 18.5 Å². The molecule has 1 N–H and O–H groups in total. The molecule has 34 heavy (non-hydrogen) atoms. The van der Waals surface area contributed by atoms with E-state index in [9.17, 15) is 4.79 Å². The minimum absolute atomic E-state index is 0.0375. The van der Waals surface area contributed by atoms with E-state index in [0.717, 1.165) is 36.5 Å². The number of fused-ring (bicyclic) bond motifs is 1. The third kappa shape index (κ3) is 4.40. The van der Waals surface area contributed by atoms with E-state index >= 15 is 0 Å². The Morgan fingerprint density at radius 1 is 1.18 bits per heavy atom. The van der Waals surface area contributed by atoms with Crippen LogP contribution in [-0.4, -0.2) is 44.7 Å². The lowest BCUT2D eigenvalue weighted by Crippen LogP contribution is -2.51. The van der Waals surface area contributed by atoms with Crippen LogP contribution >= 0.6 is 11.6 Å². The van der Waals surface area contributed by atoms with Crippen LogP contribution in [0.3, 0.4) is 0 Å². The summed E-state index contributed by atoms with van der Waals surface area (Å²) in [6.07, 6.45) is 2.07. The number of rotatable bonds is 5. The summed E-state index contributed by atoms with van der Waals surface area (Å²) >= 11 is 6.06. The summed E-state index contributed by atoms with van der Waals surface area (Å²) in [5, 5.41) is 8.45. The SMILES string of the molecule is Cc1cc(C)n(-c2ccc(C(=O)N3CCC[C@@H](C)[C@H]3CNc3nc4cc(Cl)ccc4o3)cc2)n1. The first kappa shape index (κ1) is 22.5. The fraction of sp³-hybridized carbons (Fsp3) is 0.346. The molecule has 1 fully saturated rings. The molecule has 176 valence electrons. The summed E-state index contributed by atoms with van der Waals surface area (Å²) in [6, 6.07) is 15.6. The Hall–Kier alpha value is -3.32. The fourth-order valence-corrected chi connectivity index (χ4v) is 4.95. The second kappa shape index (κ2) is 9.14. The van der Waals surface area contributed by atoms with Crippen LogP contribution in [0.15, 0.2) is 52.9 Å². The molecule has 1 saturated heterocycles. The number of amides is 1. The zero-order valence-corrected chi connectivity index (χ0v) is 20.3. The molecular formula is C26H28ClN5O2. The summed E-state index contributed by atoms with van der Waals surface area (Å²) in [5.41, 5.74) is 5.05. The maximum atomic E-state index is 13.5. The average molecular weight is 478 g/mol. The molecule has 5 rings (SSSR count). The predicted molar refractivity (Wildman–Crippen MR) is 134 cm³/mol. The van der Waals surface area contributed by atoms with Crippen LogP contribution in [0, 0.1) is 19.8 Å². The minimum Gasteiger partial charge on any atom is -0.424 e. The number of hydrogen-bond acceptors (Lipinski definition) is 5. The molecule has 0 bridgehead atoms. The Morgan fingerprint density at radius 3 is 2.71 bits per heavy atom. The molecule has 1 amide bonds. The van der Waals surface area contributed by atoms with Crippen LogP contribution in [0.2, 0.25) is 5.02 Å². The number of anilines is 1. The topological polar surface area (TPSA) is 76.2 Å². The second-order valence-corrected chi connectivity index (χ2v) is 9.52. The van der Waals surface area contributed by atoms with Crippen molar-refractivity contribution >= 4 is 34.6 Å². The van der Waals surface area contributed by atoms with Crippen LogP contribution in [0.1, 0.15) is 41.5 Å². The number of likely N-dealkylation sites (tertiary alicyclic amines) is 1. The molecule has 0 unspecified atom stereocenters. The number of carbonyl (C=O) groups excluding carboxylic acids is 1. The Bertz CT molecular complexity index is 1330. The van der Waals surface area contributed by atoms with Gasteiger partial charge >= 0.3 is 0 Å². The predicted octanol–water partition coefficient (Wildman–Crippen LogP) is 5.64. The number of hydrogen-bond donors (Lipinski definition) is 1. The average Bonchev–Trinajstić information content (AvgIpc) is 3.38. The number of halogens is 1. The largest absolute Gasteiger partial charge is 0.424 e. The van der Waals surface area contributed by atoms with Gasteiger partial charge in [-0.15, -0.1) is 0 Å². The third-order valence-electron chi connectivity index (χ3n) is 6.56. The number of aryl methyl sites for hydroxylation is 2. The van der Waals surface area contributed by atoms with Gasteiger partial charge in [0.05, 0.1) is 17.4 Å². The first-order chi connectivity index (χ1) is 16.4. The van der Waals surface area contributed by atoms with E-state index in [1.54, 1.807) is 12.1 Å². The van der Waals surface area contributed by atoms with Gasteiger partial charge in [-0.05, 0) is 81.1 Å². The van der Waals surface area contributed by atoms with Crippen LogP contribution in [0.5, 0.6) is 0 Å². The molecule has 2 atom stereocenters. The molecule has 7 nitrogen and oxygen atoms in total. The molecule has 0 saturated carbocycles. The van der Waals surface area contributed by atoms with E-state index in [2.05, 4.69) is 22.3 Å². The maximum Gasteiger partial charge on any atom is 0.295 e. The first-order valence-corrected chi connectivity index (χ1v) is 12.0. The van der Waals surface area contributed by atoms with E-state index in [0.29, 0.717) is 40.2 Å². The normalized spacial score (nSPS) is 18.4. The summed E-state index contributed by atoms with van der Waals surface area (Å²) in [5.74, 6) is 0.403. The zero-order chi connectivity index (χ0) is 23.8. The van der Waals surface area contributed by atoms with Gasteiger partial charge in [-0.2, -0.15) is 10.1 Å². The number of nitrogens with zero attached hydrogens (tertiary/aromatic N) is 4. The van der Waals surface area contributed by atoms with E-state index < -0.39 is 0 Å². The van der Waals surface area contributed by atoms with Crippen molar-refractivity contribution in [1.29, 1.82) is 0 Å². The first-order valence-electron chi connectivity index (χ1n) is 11.6. The molecule has 8 heteroatoms. The van der Waals surface area contributed by atoms with Crippen molar-refractivity contribution in [2.24, 2.45) is 5.92 Å². The number of carbonyl (C=O) groups is 1. The van der Waals surface area contributed by atoms with E-state index in [4.69, 9.17) is 16.0 Å². The van der Waals surface area contributed by atoms with Gasteiger partial charge in [0, 0.05) is 29.4 Å². The van der Waals surface area contributed by atoms with Crippen molar-refractivity contribution < 1.29 is 9.21 Å². The molecular weight excluding hydrogens is 450 g/mol. The van der Waals surface area contributed by atoms with Gasteiger partial charge < -0.3 is 14.6 Å². The van der Waals surface area contributed by atoms with Crippen molar-refractivity contribution in [2.45, 2.75) is 39.7 Å². The monoisotopic (exact) mass is 477 g/mol. The van der Waals surface area contributed by atoms with Crippen molar-refractivity contribution in [1.82, 2.24) is 19.7 Å². The Balaban J connectivity index is 1.32. The van der Waals surface area contributed by atoms with Crippen molar-refractivity contribution in [3.05, 3.63) is 70.5 Å². The van der Waals surface area contributed by atoms with Gasteiger partial charge in [0.1, 0.15) is 5.52 Å². The number of benzene rings is 2. The number of piperidine rings is 1. The molecule has 1 aliphatic rings. The molecule has 1 aliphatic heterocycles. The fourth-order valence-electron chi connectivity index (χ4n) is 4.78. The van der Waals surface area contributed by atoms with Crippen LogP contribution < -0.4 is 5.32 Å². The molecule has 0 aliphatic carbocycles. The third-order valence-corrected chi connectivity index (χ3v) is 6.79. The highest BCUT2D eigenvalue weighted by molar-refractivity contribution is 6.31. The summed E-state index contributed by atoms with van der Waals surface area (Å²) in [7, 11) is 0. The van der Waals surface area contributed by atoms with E-state index in [1.165, 1.54) is 0 Å². The maximum absolute atomic E-state index is 13.5. The van der Waals surface area contributed by atoms with E-state index in [1.807, 2.05) is 59.8 Å². The Kier molecular flexibility index (Phi) is 6.04. The van der Waals surface area contributed by atoms with Crippen molar-refractivity contribution in [2.75, 3.05) is 18.4 Å². The molecule has 4 aromatic rings. The zero-order valence-electron chi connectivity index (χ0n) is 19.6. The smallest absolute Gasteiger partial charge is 0.295 e. The van der Waals surface area contributed by atoms with Gasteiger partial charge in [0.15, 0.2) is 5.58 Å². The molecule has 3 heterocycles. The van der Waals surface area contributed by atoms with Gasteiger partial charge in [0.2, 0.25) is 0 Å². The van der Waals surface area contributed by atoms with Crippen LogP contribution in [0.4, 0.5) is 6.01 Å². The summed E-state index contributed by atoms with van der Waals surface area (Å²) < 4.78 is 7.70. The lowest BCUT2D eigenvalue weighted by molar-refractivity contribution is 0.0539. The highest BCUT2D eigenvalue weighted by Gasteiger charge is 2.32. The van der Waals surface area contributed by atoms with E-state index in [-0.39, 0.29) is 11.9 Å². The quantitative estimate of drug-likeness (QED) is 0.402. The lowest BCUT2D eigenvalue weighted by Gasteiger charge is -2.40. The Labute approximate surface area is 203 Å². The number of oxazole rings is 1. The molecule has 0 spiro atoms.